The third-order valence-corrected chi connectivity index (χ3v) is 3.18. The van der Waals surface area contributed by atoms with Gasteiger partial charge in [0.1, 0.15) is 17.6 Å². The van der Waals surface area contributed by atoms with E-state index >= 15 is 0 Å². The number of hydrogen-bond donors (Lipinski definition) is 2. The van der Waals surface area contributed by atoms with Crippen molar-refractivity contribution in [3.63, 3.8) is 0 Å². The van der Waals surface area contributed by atoms with Crippen LogP contribution in [0.4, 0.5) is 0 Å². The monoisotopic (exact) mass is 350 g/mol. The lowest BCUT2D eigenvalue weighted by Gasteiger charge is -2.17. The Morgan fingerprint density at radius 2 is 1.64 bits per heavy atom. The summed E-state index contributed by atoms with van der Waals surface area (Å²) in [5.41, 5.74) is 4.63. The van der Waals surface area contributed by atoms with E-state index in [1.54, 1.807) is 44.2 Å². The molecular weight excluding hydrogens is 324 g/mol. The zero-order valence-electron chi connectivity index (χ0n) is 14.9. The van der Waals surface area contributed by atoms with Gasteiger partial charge in [-0.05, 0) is 51.5 Å². The van der Waals surface area contributed by atoms with Gasteiger partial charge in [-0.3, -0.25) is 20.4 Å². The molecule has 2 unspecified atom stereocenters. The van der Waals surface area contributed by atoms with Gasteiger partial charge in [-0.2, -0.15) is 0 Å². The van der Waals surface area contributed by atoms with Crippen LogP contribution >= 0.6 is 0 Å². The largest absolute Gasteiger partial charge is 0.494 e. The lowest BCUT2D eigenvalue weighted by atomic mass is 10.3. The number of hydrazine groups is 1. The van der Waals surface area contributed by atoms with E-state index in [1.807, 2.05) is 6.92 Å². The van der Waals surface area contributed by atoms with Crippen molar-refractivity contribution >= 4 is 11.8 Å². The first-order valence-corrected chi connectivity index (χ1v) is 8.19. The van der Waals surface area contributed by atoms with Crippen LogP contribution in [-0.4, -0.2) is 37.2 Å². The molecule has 2 atom stereocenters. The Morgan fingerprint density at radius 1 is 1.08 bits per heavy atom. The van der Waals surface area contributed by atoms with Crippen molar-refractivity contribution in [2.75, 3.05) is 13.2 Å². The van der Waals surface area contributed by atoms with E-state index < -0.39 is 24.0 Å². The van der Waals surface area contributed by atoms with Crippen LogP contribution in [0.2, 0.25) is 0 Å². The molecule has 0 heterocycles. The summed E-state index contributed by atoms with van der Waals surface area (Å²) in [5, 5.41) is 0. The standard InChI is InChI=1S/C18H26N2O5/c1-5-7-12-24-13(3)17(21)19-20-18(22)14(4)25-16-10-8-15(9-11-16)23-6-2/h5,8-11,13-14H,1,6-7,12H2,2-4H3,(H,19,21)(H,20,22). The van der Waals surface area contributed by atoms with Gasteiger partial charge in [0.05, 0.1) is 13.2 Å². The smallest absolute Gasteiger partial charge is 0.279 e. The van der Waals surface area contributed by atoms with Gasteiger partial charge in [-0.15, -0.1) is 6.58 Å². The van der Waals surface area contributed by atoms with Crippen molar-refractivity contribution in [3.8, 4) is 11.5 Å². The van der Waals surface area contributed by atoms with Gasteiger partial charge in [0.15, 0.2) is 6.10 Å². The highest BCUT2D eigenvalue weighted by Crippen LogP contribution is 2.18. The lowest BCUT2D eigenvalue weighted by Crippen LogP contribution is -2.50. The molecule has 0 saturated carbocycles. The second-order valence-corrected chi connectivity index (χ2v) is 5.23. The molecule has 0 aliphatic rings. The second-order valence-electron chi connectivity index (χ2n) is 5.23. The van der Waals surface area contributed by atoms with Gasteiger partial charge < -0.3 is 14.2 Å². The maximum atomic E-state index is 12.0. The molecule has 0 bridgehead atoms. The third-order valence-electron chi connectivity index (χ3n) is 3.18. The highest BCUT2D eigenvalue weighted by molar-refractivity contribution is 5.86. The number of ether oxygens (including phenoxy) is 3. The molecule has 2 amide bonds. The number of benzene rings is 1. The molecule has 25 heavy (non-hydrogen) atoms. The summed E-state index contributed by atoms with van der Waals surface area (Å²) in [5.74, 6) is 0.342. The first-order valence-electron chi connectivity index (χ1n) is 8.19. The number of rotatable bonds is 10. The summed E-state index contributed by atoms with van der Waals surface area (Å²) in [6.45, 7) is 9.63. The molecule has 7 heteroatoms. The Morgan fingerprint density at radius 3 is 2.20 bits per heavy atom. The molecule has 0 aliphatic carbocycles. The van der Waals surface area contributed by atoms with Crippen LogP contribution in [0.25, 0.3) is 0 Å². The Labute approximate surface area is 148 Å². The molecule has 1 aromatic carbocycles. The lowest BCUT2D eigenvalue weighted by molar-refractivity contribution is -0.137. The number of nitrogens with one attached hydrogen (secondary N) is 2. The summed E-state index contributed by atoms with van der Waals surface area (Å²) in [4.78, 5) is 23.8. The molecule has 0 radical (unpaired) electrons. The molecule has 138 valence electrons. The van der Waals surface area contributed by atoms with Gasteiger partial charge in [-0.25, -0.2) is 0 Å². The predicted octanol–water partition coefficient (Wildman–Crippen LogP) is 1.98. The van der Waals surface area contributed by atoms with E-state index in [-0.39, 0.29) is 0 Å². The molecule has 1 aromatic rings. The Kier molecular flexibility index (Phi) is 9.10. The SMILES string of the molecule is C=CCCOC(C)C(=O)NNC(=O)C(C)Oc1ccc(OCC)cc1. The summed E-state index contributed by atoms with van der Waals surface area (Å²) >= 11 is 0. The fraction of sp³-hybridized carbons (Fsp3) is 0.444. The maximum absolute atomic E-state index is 12.0. The average molecular weight is 350 g/mol. The average Bonchev–Trinajstić information content (AvgIpc) is 2.61. The predicted molar refractivity (Wildman–Crippen MR) is 94.2 cm³/mol. The van der Waals surface area contributed by atoms with Crippen LogP contribution in [-0.2, 0) is 14.3 Å². The maximum Gasteiger partial charge on any atom is 0.279 e. The first kappa shape index (κ1) is 20.5. The summed E-state index contributed by atoms with van der Waals surface area (Å²) < 4.78 is 16.1. The molecule has 0 spiro atoms. The second kappa shape index (κ2) is 11.1. The van der Waals surface area contributed by atoms with E-state index in [2.05, 4.69) is 17.4 Å². The van der Waals surface area contributed by atoms with Crippen molar-refractivity contribution in [2.45, 2.75) is 39.4 Å². The Bertz CT molecular complexity index is 559. The molecule has 0 fully saturated rings. The van der Waals surface area contributed by atoms with Crippen LogP contribution < -0.4 is 20.3 Å². The van der Waals surface area contributed by atoms with Gasteiger partial charge in [-0.1, -0.05) is 6.08 Å². The van der Waals surface area contributed by atoms with Crippen molar-refractivity contribution in [1.29, 1.82) is 0 Å². The van der Waals surface area contributed by atoms with E-state index in [0.717, 1.165) is 5.75 Å². The molecule has 7 nitrogen and oxygen atoms in total. The van der Waals surface area contributed by atoms with Gasteiger partial charge in [0.2, 0.25) is 0 Å². The molecule has 0 aliphatic heterocycles. The highest BCUT2D eigenvalue weighted by atomic mass is 16.5. The molecule has 0 aromatic heterocycles. The fourth-order valence-corrected chi connectivity index (χ4v) is 1.77. The minimum Gasteiger partial charge on any atom is -0.494 e. The van der Waals surface area contributed by atoms with Gasteiger partial charge >= 0.3 is 0 Å². The zero-order valence-corrected chi connectivity index (χ0v) is 14.9. The van der Waals surface area contributed by atoms with E-state index in [9.17, 15) is 9.59 Å². The van der Waals surface area contributed by atoms with Crippen LogP contribution in [0.3, 0.4) is 0 Å². The number of amides is 2. The fourth-order valence-electron chi connectivity index (χ4n) is 1.77. The van der Waals surface area contributed by atoms with Crippen molar-refractivity contribution in [2.24, 2.45) is 0 Å². The normalized spacial score (nSPS) is 12.6. The zero-order chi connectivity index (χ0) is 18.7. The Balaban J connectivity index is 2.38. The number of carbonyl (C=O) groups excluding carboxylic acids is 2. The van der Waals surface area contributed by atoms with E-state index in [4.69, 9.17) is 14.2 Å². The van der Waals surface area contributed by atoms with Crippen LogP contribution in [0.5, 0.6) is 11.5 Å². The van der Waals surface area contributed by atoms with Crippen LogP contribution in [0.1, 0.15) is 27.2 Å². The number of carbonyl (C=O) groups is 2. The van der Waals surface area contributed by atoms with Crippen LogP contribution in [0, 0.1) is 0 Å². The molecule has 2 N–H and O–H groups in total. The molecular formula is C18H26N2O5. The van der Waals surface area contributed by atoms with Crippen molar-refractivity contribution in [3.05, 3.63) is 36.9 Å². The van der Waals surface area contributed by atoms with Crippen molar-refractivity contribution in [1.82, 2.24) is 10.9 Å². The van der Waals surface area contributed by atoms with E-state index in [0.29, 0.717) is 25.4 Å². The summed E-state index contributed by atoms with van der Waals surface area (Å²) in [6, 6.07) is 6.94. The van der Waals surface area contributed by atoms with E-state index in [1.165, 1.54) is 0 Å². The molecule has 0 saturated heterocycles. The number of hydrogen-bond acceptors (Lipinski definition) is 5. The topological polar surface area (TPSA) is 85.9 Å². The quantitative estimate of drug-likeness (QED) is 0.383. The summed E-state index contributed by atoms with van der Waals surface area (Å²) in [7, 11) is 0. The Hall–Kier alpha value is -2.54. The first-order chi connectivity index (χ1) is 12.0. The van der Waals surface area contributed by atoms with Crippen LogP contribution in [0.15, 0.2) is 36.9 Å². The van der Waals surface area contributed by atoms with Gasteiger partial charge in [0.25, 0.3) is 11.8 Å². The third kappa shape index (κ3) is 7.71. The minimum absolute atomic E-state index is 0.392. The van der Waals surface area contributed by atoms with Crippen molar-refractivity contribution < 1.29 is 23.8 Å². The summed E-state index contributed by atoms with van der Waals surface area (Å²) in [6.07, 6.45) is 0.890. The minimum atomic E-state index is -0.782. The van der Waals surface area contributed by atoms with Gasteiger partial charge in [0, 0.05) is 0 Å². The highest BCUT2D eigenvalue weighted by Gasteiger charge is 2.18. The molecule has 1 rings (SSSR count).